The van der Waals surface area contributed by atoms with Crippen LogP contribution in [0.15, 0.2) is 16.7 Å². The molecule has 1 N–H and O–H groups in total. The number of hydrogen-bond donors (Lipinski definition) is 1. The van der Waals surface area contributed by atoms with Gasteiger partial charge in [-0.15, -0.1) is 0 Å². The first-order valence-corrected chi connectivity index (χ1v) is 8.71. The highest BCUT2D eigenvalue weighted by atomic mass is 79.9. The lowest BCUT2D eigenvalue weighted by atomic mass is 10.1. The zero-order valence-electron chi connectivity index (χ0n) is 11.8. The molecule has 2 rings (SSSR count). The van der Waals surface area contributed by atoms with E-state index in [1.807, 2.05) is 6.20 Å². The van der Waals surface area contributed by atoms with Crippen molar-refractivity contribution >= 4 is 33.5 Å². The van der Waals surface area contributed by atoms with E-state index in [4.69, 9.17) is 0 Å². The van der Waals surface area contributed by atoms with Crippen molar-refractivity contribution in [2.45, 2.75) is 38.6 Å². The van der Waals surface area contributed by atoms with E-state index in [0.717, 1.165) is 29.9 Å². The van der Waals surface area contributed by atoms with E-state index in [9.17, 15) is 0 Å². The van der Waals surface area contributed by atoms with E-state index in [1.54, 1.807) is 0 Å². The number of nitrogens with zero attached hydrogens (tertiary/aromatic N) is 2. The molecule has 19 heavy (non-hydrogen) atoms. The zero-order valence-corrected chi connectivity index (χ0v) is 14.2. The quantitative estimate of drug-likeness (QED) is 0.907. The van der Waals surface area contributed by atoms with Crippen LogP contribution in [0.4, 0.5) is 5.82 Å². The number of pyridine rings is 1. The van der Waals surface area contributed by atoms with Crippen molar-refractivity contribution in [3.8, 4) is 0 Å². The number of halogens is 1. The van der Waals surface area contributed by atoms with Gasteiger partial charge in [-0.05, 0) is 35.5 Å². The summed E-state index contributed by atoms with van der Waals surface area (Å²) in [6, 6.07) is 2.72. The maximum Gasteiger partial charge on any atom is 0.133 e. The molecule has 1 aromatic heterocycles. The molecule has 2 unspecified atom stereocenters. The highest BCUT2D eigenvalue weighted by molar-refractivity contribution is 9.10. The smallest absolute Gasteiger partial charge is 0.133 e. The van der Waals surface area contributed by atoms with Gasteiger partial charge in [-0.1, -0.05) is 13.8 Å². The zero-order chi connectivity index (χ0) is 13.8. The Bertz CT molecular complexity index is 427. The largest absolute Gasteiger partial charge is 0.352 e. The van der Waals surface area contributed by atoms with Crippen LogP contribution in [0.25, 0.3) is 0 Å². The van der Waals surface area contributed by atoms with Gasteiger partial charge in [0.2, 0.25) is 0 Å². The Hall–Kier alpha value is -0.260. The fourth-order valence-electron chi connectivity index (χ4n) is 2.35. The fraction of sp³-hybridized carbons (Fsp3) is 0.643. The van der Waals surface area contributed by atoms with Gasteiger partial charge in [-0.25, -0.2) is 4.98 Å². The Kier molecular flexibility index (Phi) is 5.54. The van der Waals surface area contributed by atoms with Crippen LogP contribution in [0.1, 0.15) is 26.3 Å². The highest BCUT2D eigenvalue weighted by Gasteiger charge is 2.27. The maximum atomic E-state index is 4.67. The predicted molar refractivity (Wildman–Crippen MR) is 88.0 cm³/mol. The first kappa shape index (κ1) is 15.1. The summed E-state index contributed by atoms with van der Waals surface area (Å²) < 4.78 is 1.05. The molecule has 1 saturated heterocycles. The molecule has 1 aliphatic heterocycles. The van der Waals surface area contributed by atoms with Crippen molar-refractivity contribution < 1.29 is 0 Å². The third kappa shape index (κ3) is 3.64. The number of anilines is 1. The molecule has 1 fully saturated rings. The first-order chi connectivity index (χ1) is 9.13. The molecule has 106 valence electrons. The summed E-state index contributed by atoms with van der Waals surface area (Å²) in [5.74, 6) is 2.33. The van der Waals surface area contributed by atoms with Gasteiger partial charge in [0.1, 0.15) is 5.82 Å². The molecule has 0 bridgehead atoms. The van der Waals surface area contributed by atoms with E-state index in [2.05, 4.69) is 69.7 Å². The molecule has 0 saturated carbocycles. The van der Waals surface area contributed by atoms with Crippen LogP contribution in [-0.2, 0) is 6.54 Å². The average Bonchev–Trinajstić information content (AvgIpc) is 2.40. The fourth-order valence-corrected chi connectivity index (χ4v) is 3.83. The number of hydrogen-bond acceptors (Lipinski definition) is 4. The minimum Gasteiger partial charge on any atom is -0.352 e. The lowest BCUT2D eigenvalue weighted by Crippen LogP contribution is -2.45. The van der Waals surface area contributed by atoms with Crippen LogP contribution in [0.2, 0.25) is 0 Å². The molecule has 0 aromatic carbocycles. The SMILES string of the molecule is CCNCc1cc(Br)cnc1N1CCSC(C)C1C. The summed E-state index contributed by atoms with van der Waals surface area (Å²) in [7, 11) is 0. The number of nitrogens with one attached hydrogen (secondary N) is 1. The first-order valence-electron chi connectivity index (χ1n) is 6.87. The lowest BCUT2D eigenvalue weighted by molar-refractivity contribution is 0.613. The Morgan fingerprint density at radius 3 is 3.05 bits per heavy atom. The molecule has 1 aromatic rings. The number of thioether (sulfide) groups is 1. The number of aromatic nitrogens is 1. The van der Waals surface area contributed by atoms with Gasteiger partial charge in [0.05, 0.1) is 0 Å². The van der Waals surface area contributed by atoms with Gasteiger partial charge in [-0.3, -0.25) is 0 Å². The average molecular weight is 344 g/mol. The Morgan fingerprint density at radius 1 is 1.53 bits per heavy atom. The van der Waals surface area contributed by atoms with Gasteiger partial charge in [-0.2, -0.15) is 11.8 Å². The lowest BCUT2D eigenvalue weighted by Gasteiger charge is -2.39. The van der Waals surface area contributed by atoms with E-state index in [1.165, 1.54) is 11.3 Å². The summed E-state index contributed by atoms with van der Waals surface area (Å²) in [5.41, 5.74) is 1.28. The van der Waals surface area contributed by atoms with Crippen LogP contribution >= 0.6 is 27.7 Å². The molecule has 3 nitrogen and oxygen atoms in total. The van der Waals surface area contributed by atoms with Gasteiger partial charge in [0.15, 0.2) is 0 Å². The Labute approximate surface area is 128 Å². The summed E-state index contributed by atoms with van der Waals surface area (Å²) >= 11 is 5.58. The molecule has 2 heterocycles. The van der Waals surface area contributed by atoms with E-state index in [-0.39, 0.29) is 0 Å². The summed E-state index contributed by atoms with van der Waals surface area (Å²) in [6.07, 6.45) is 1.91. The van der Waals surface area contributed by atoms with E-state index in [0.29, 0.717) is 11.3 Å². The van der Waals surface area contributed by atoms with Crippen molar-refractivity contribution in [3.05, 3.63) is 22.3 Å². The molecular weight excluding hydrogens is 322 g/mol. The van der Waals surface area contributed by atoms with Crippen LogP contribution < -0.4 is 10.2 Å². The van der Waals surface area contributed by atoms with Gasteiger partial charge < -0.3 is 10.2 Å². The second-order valence-corrected chi connectivity index (χ2v) is 7.33. The topological polar surface area (TPSA) is 28.2 Å². The third-order valence-corrected chi connectivity index (χ3v) is 5.40. The third-order valence-electron chi connectivity index (χ3n) is 3.63. The standard InChI is InChI=1S/C14H22BrN3S/c1-4-16-8-12-7-13(15)9-17-14(12)18-5-6-19-11(3)10(18)2/h7,9-11,16H,4-6,8H2,1-3H3. The number of rotatable bonds is 4. The molecule has 0 radical (unpaired) electrons. The van der Waals surface area contributed by atoms with Crippen molar-refractivity contribution in [3.63, 3.8) is 0 Å². The van der Waals surface area contributed by atoms with Gasteiger partial charge >= 0.3 is 0 Å². The van der Waals surface area contributed by atoms with Gasteiger partial charge in [0, 0.05) is 46.4 Å². The van der Waals surface area contributed by atoms with Crippen LogP contribution in [0, 0.1) is 0 Å². The van der Waals surface area contributed by atoms with Crippen molar-refractivity contribution in [1.82, 2.24) is 10.3 Å². The minimum absolute atomic E-state index is 0.535. The summed E-state index contributed by atoms with van der Waals surface area (Å²) in [5, 5.41) is 4.06. The maximum absolute atomic E-state index is 4.67. The van der Waals surface area contributed by atoms with Crippen molar-refractivity contribution in [2.24, 2.45) is 0 Å². The minimum atomic E-state index is 0.535. The molecule has 0 amide bonds. The molecule has 5 heteroatoms. The van der Waals surface area contributed by atoms with E-state index >= 15 is 0 Å². The van der Waals surface area contributed by atoms with E-state index < -0.39 is 0 Å². The molecule has 2 atom stereocenters. The Morgan fingerprint density at radius 2 is 2.32 bits per heavy atom. The van der Waals surface area contributed by atoms with Crippen molar-refractivity contribution in [2.75, 3.05) is 23.7 Å². The Balaban J connectivity index is 2.26. The van der Waals surface area contributed by atoms with Crippen LogP contribution in [-0.4, -0.2) is 35.1 Å². The van der Waals surface area contributed by atoms with Crippen LogP contribution in [0.3, 0.4) is 0 Å². The molecule has 0 spiro atoms. The van der Waals surface area contributed by atoms with Gasteiger partial charge in [0.25, 0.3) is 0 Å². The molecular formula is C14H22BrN3S. The normalized spacial score (nSPS) is 23.7. The second-order valence-electron chi connectivity index (χ2n) is 4.93. The van der Waals surface area contributed by atoms with Crippen LogP contribution in [0.5, 0.6) is 0 Å². The second kappa shape index (κ2) is 6.95. The van der Waals surface area contributed by atoms with Crippen molar-refractivity contribution in [1.29, 1.82) is 0 Å². The molecule has 1 aliphatic rings. The summed E-state index contributed by atoms with van der Waals surface area (Å²) in [6.45, 7) is 9.69. The molecule has 0 aliphatic carbocycles. The monoisotopic (exact) mass is 343 g/mol. The predicted octanol–water partition coefficient (Wildman–Crippen LogP) is 3.28. The summed E-state index contributed by atoms with van der Waals surface area (Å²) in [4.78, 5) is 7.13. The highest BCUT2D eigenvalue weighted by Crippen LogP contribution is 2.30.